The molecular formula is C29H40N2O4. The summed E-state index contributed by atoms with van der Waals surface area (Å²) in [6.45, 7) is 5.58. The van der Waals surface area contributed by atoms with E-state index in [1.807, 2.05) is 25.1 Å². The molecule has 0 amide bonds. The number of ether oxygens (including phenoxy) is 2. The number of allylic oxidation sites excluding steroid dienone is 1. The van der Waals surface area contributed by atoms with Crippen molar-refractivity contribution in [1.29, 1.82) is 0 Å². The van der Waals surface area contributed by atoms with Crippen LogP contribution in [0, 0.1) is 0 Å². The minimum atomic E-state index is -0.310. The standard InChI is InChI=1S/C29H40N2O4/c1-4-5-6-7-8-9-10-11-16-28(33)35-27-21-30-29(31-22-27)26-19-17-25(18-20-26)15-13-12-14-23(2)34-24(3)32/h10-11,17-23H,4-9,12-16H2,1-3H3. The normalized spacial score (nSPS) is 12.0. The van der Waals surface area contributed by atoms with E-state index < -0.39 is 0 Å². The highest BCUT2D eigenvalue weighted by molar-refractivity contribution is 5.73. The summed E-state index contributed by atoms with van der Waals surface area (Å²) in [5, 5.41) is 0. The molecule has 0 aliphatic heterocycles. The van der Waals surface area contributed by atoms with E-state index in [-0.39, 0.29) is 24.5 Å². The van der Waals surface area contributed by atoms with Crippen molar-refractivity contribution in [2.24, 2.45) is 0 Å². The van der Waals surface area contributed by atoms with Gasteiger partial charge in [-0.15, -0.1) is 0 Å². The number of esters is 2. The third-order valence-electron chi connectivity index (χ3n) is 5.69. The van der Waals surface area contributed by atoms with Crippen molar-refractivity contribution >= 4 is 11.9 Å². The van der Waals surface area contributed by atoms with Crippen LogP contribution in [0.25, 0.3) is 11.4 Å². The van der Waals surface area contributed by atoms with Gasteiger partial charge >= 0.3 is 11.9 Å². The summed E-state index contributed by atoms with van der Waals surface area (Å²) in [7, 11) is 0. The molecule has 35 heavy (non-hydrogen) atoms. The molecule has 0 aliphatic carbocycles. The van der Waals surface area contributed by atoms with Crippen LogP contribution in [-0.2, 0) is 20.7 Å². The van der Waals surface area contributed by atoms with Gasteiger partial charge in [-0.2, -0.15) is 0 Å². The Morgan fingerprint density at radius 1 is 0.943 bits per heavy atom. The van der Waals surface area contributed by atoms with Crippen LogP contribution < -0.4 is 4.74 Å². The fraction of sp³-hybridized carbons (Fsp3) is 0.517. The molecule has 0 saturated heterocycles. The molecule has 1 atom stereocenters. The maximum absolute atomic E-state index is 12.0. The Morgan fingerprint density at radius 2 is 1.66 bits per heavy atom. The highest BCUT2D eigenvalue weighted by Gasteiger charge is 2.07. The zero-order valence-corrected chi connectivity index (χ0v) is 21.5. The molecule has 1 heterocycles. The summed E-state index contributed by atoms with van der Waals surface area (Å²) in [5.74, 6) is 0.411. The van der Waals surface area contributed by atoms with Crippen LogP contribution in [0.4, 0.5) is 0 Å². The van der Waals surface area contributed by atoms with E-state index in [1.54, 1.807) is 0 Å². The van der Waals surface area contributed by atoms with E-state index in [1.165, 1.54) is 57.0 Å². The van der Waals surface area contributed by atoms with Gasteiger partial charge in [-0.05, 0) is 51.0 Å². The first-order valence-electron chi connectivity index (χ1n) is 12.9. The lowest BCUT2D eigenvalue weighted by atomic mass is 10.0. The molecule has 6 nitrogen and oxygen atoms in total. The number of rotatable bonds is 16. The molecule has 190 valence electrons. The van der Waals surface area contributed by atoms with Crippen molar-refractivity contribution in [3.63, 3.8) is 0 Å². The van der Waals surface area contributed by atoms with Gasteiger partial charge in [0.2, 0.25) is 0 Å². The highest BCUT2D eigenvalue weighted by atomic mass is 16.5. The van der Waals surface area contributed by atoms with Gasteiger partial charge in [-0.1, -0.05) is 69.0 Å². The van der Waals surface area contributed by atoms with Crippen molar-refractivity contribution in [3.05, 3.63) is 54.4 Å². The van der Waals surface area contributed by atoms with Crippen molar-refractivity contribution < 1.29 is 19.1 Å². The number of hydrogen-bond donors (Lipinski definition) is 0. The van der Waals surface area contributed by atoms with Crippen molar-refractivity contribution in [2.75, 3.05) is 0 Å². The summed E-state index contributed by atoms with van der Waals surface area (Å²) in [6, 6.07) is 8.17. The van der Waals surface area contributed by atoms with E-state index >= 15 is 0 Å². The Balaban J connectivity index is 1.70. The first kappa shape index (κ1) is 28.2. The summed E-state index contributed by atoms with van der Waals surface area (Å²) in [4.78, 5) is 31.7. The molecule has 0 aliphatic rings. The second kappa shape index (κ2) is 16.6. The summed E-state index contributed by atoms with van der Waals surface area (Å²) in [5.41, 5.74) is 2.16. The lowest BCUT2D eigenvalue weighted by Crippen LogP contribution is -2.11. The van der Waals surface area contributed by atoms with Crippen LogP contribution in [0.3, 0.4) is 0 Å². The predicted octanol–water partition coefficient (Wildman–Crippen LogP) is 7.02. The van der Waals surface area contributed by atoms with Gasteiger partial charge in [0, 0.05) is 12.5 Å². The second-order valence-corrected chi connectivity index (χ2v) is 8.96. The SMILES string of the molecule is CCCCCCCC=CCC(=O)Oc1cnc(-c2ccc(CCCCC(C)OC(C)=O)cc2)nc1. The first-order valence-corrected chi connectivity index (χ1v) is 12.9. The Kier molecular flexibility index (Phi) is 13.4. The van der Waals surface area contributed by atoms with E-state index in [0.717, 1.165) is 37.7 Å². The largest absolute Gasteiger partial charge is 0.463 e. The average Bonchev–Trinajstić information content (AvgIpc) is 2.84. The zero-order valence-electron chi connectivity index (χ0n) is 21.5. The number of carbonyl (C=O) groups is 2. The summed E-state index contributed by atoms with van der Waals surface area (Å²) >= 11 is 0. The highest BCUT2D eigenvalue weighted by Crippen LogP contribution is 2.19. The van der Waals surface area contributed by atoms with Gasteiger partial charge in [0.15, 0.2) is 11.6 Å². The van der Waals surface area contributed by atoms with Gasteiger partial charge in [-0.25, -0.2) is 9.97 Å². The summed E-state index contributed by atoms with van der Waals surface area (Å²) in [6.07, 6.45) is 18.4. The minimum Gasteiger partial charge on any atom is -0.463 e. The smallest absolute Gasteiger partial charge is 0.315 e. The number of nitrogens with zero attached hydrogens (tertiary/aromatic N) is 2. The third-order valence-corrected chi connectivity index (χ3v) is 5.69. The number of aryl methyl sites for hydroxylation is 1. The maximum atomic E-state index is 12.0. The number of unbranched alkanes of at least 4 members (excludes halogenated alkanes) is 6. The van der Waals surface area contributed by atoms with Crippen LogP contribution >= 0.6 is 0 Å². The van der Waals surface area contributed by atoms with Crippen molar-refractivity contribution in [2.45, 2.75) is 97.5 Å². The topological polar surface area (TPSA) is 78.4 Å². The molecule has 0 spiro atoms. The molecule has 0 N–H and O–H groups in total. The Morgan fingerprint density at radius 3 is 2.34 bits per heavy atom. The molecule has 2 rings (SSSR count). The van der Waals surface area contributed by atoms with Gasteiger partial charge in [0.25, 0.3) is 0 Å². The lowest BCUT2D eigenvalue weighted by Gasteiger charge is -2.11. The fourth-order valence-corrected chi connectivity index (χ4v) is 3.78. The quantitative estimate of drug-likeness (QED) is 0.146. The molecule has 1 aromatic carbocycles. The minimum absolute atomic E-state index is 0.0316. The molecule has 6 heteroatoms. The molecular weight excluding hydrogens is 440 g/mol. The van der Waals surface area contributed by atoms with Crippen LogP contribution in [-0.4, -0.2) is 28.0 Å². The van der Waals surface area contributed by atoms with Crippen LogP contribution in [0.1, 0.15) is 90.5 Å². The van der Waals surface area contributed by atoms with Crippen LogP contribution in [0.15, 0.2) is 48.8 Å². The first-order chi connectivity index (χ1) is 17.0. The average molecular weight is 481 g/mol. The van der Waals surface area contributed by atoms with E-state index in [2.05, 4.69) is 35.1 Å². The van der Waals surface area contributed by atoms with Gasteiger partial charge in [-0.3, -0.25) is 9.59 Å². The molecule has 0 saturated carbocycles. The molecule has 0 fully saturated rings. The molecule has 1 unspecified atom stereocenters. The Bertz CT molecular complexity index is 907. The van der Waals surface area contributed by atoms with Gasteiger partial charge < -0.3 is 9.47 Å². The van der Waals surface area contributed by atoms with Crippen molar-refractivity contribution in [1.82, 2.24) is 9.97 Å². The molecule has 0 bridgehead atoms. The van der Waals surface area contributed by atoms with Crippen molar-refractivity contribution in [3.8, 4) is 17.1 Å². The van der Waals surface area contributed by atoms with Gasteiger partial charge in [0.05, 0.1) is 24.9 Å². The van der Waals surface area contributed by atoms with E-state index in [4.69, 9.17) is 9.47 Å². The monoisotopic (exact) mass is 480 g/mol. The molecule has 0 radical (unpaired) electrons. The second-order valence-electron chi connectivity index (χ2n) is 8.96. The van der Waals surface area contributed by atoms with Crippen LogP contribution in [0.5, 0.6) is 5.75 Å². The number of hydrogen-bond acceptors (Lipinski definition) is 6. The number of benzene rings is 1. The number of carbonyl (C=O) groups excluding carboxylic acids is 2. The summed E-state index contributed by atoms with van der Waals surface area (Å²) < 4.78 is 10.5. The zero-order chi connectivity index (χ0) is 25.3. The predicted molar refractivity (Wildman–Crippen MR) is 139 cm³/mol. The number of aromatic nitrogens is 2. The molecule has 2 aromatic rings. The Labute approximate surface area is 210 Å². The fourth-order valence-electron chi connectivity index (χ4n) is 3.78. The van der Waals surface area contributed by atoms with Crippen LogP contribution in [0.2, 0.25) is 0 Å². The lowest BCUT2D eigenvalue weighted by molar-refractivity contribution is -0.145. The molecule has 1 aromatic heterocycles. The third kappa shape index (κ3) is 12.3. The van der Waals surface area contributed by atoms with E-state index in [9.17, 15) is 9.59 Å². The Hall–Kier alpha value is -3.02. The van der Waals surface area contributed by atoms with Gasteiger partial charge in [0.1, 0.15) is 0 Å². The maximum Gasteiger partial charge on any atom is 0.315 e. The van der Waals surface area contributed by atoms with E-state index in [0.29, 0.717) is 11.6 Å².